The lowest BCUT2D eigenvalue weighted by atomic mass is 10.2. The topological polar surface area (TPSA) is 36.0 Å². The predicted octanol–water partition coefficient (Wildman–Crippen LogP) is 2.89. The normalized spacial score (nSPS) is 14.2. The third kappa shape index (κ3) is 3.44. The number of carbonyl (C=O) groups excluding carboxylic acids is 1. The van der Waals surface area contributed by atoms with Gasteiger partial charge in [-0.1, -0.05) is 30.3 Å². The van der Waals surface area contributed by atoms with Crippen molar-refractivity contribution < 1.29 is 9.53 Å². The average molecular weight is 355 g/mol. The molecule has 1 heterocycles. The predicted molar refractivity (Wildman–Crippen MR) is 104 cm³/mol. The molecule has 0 saturated carbocycles. The monoisotopic (exact) mass is 355 g/mol. The van der Waals surface area contributed by atoms with Crippen molar-refractivity contribution in [1.82, 2.24) is 4.90 Å². The second kappa shape index (κ2) is 7.11. The number of methoxy groups -OCH3 is 1. The number of nitrogens with zero attached hydrogens (tertiary/aromatic N) is 3. The van der Waals surface area contributed by atoms with Crippen molar-refractivity contribution in [3.63, 3.8) is 0 Å². The fraction of sp³-hybridized carbons (Fsp3) is 0.263. The Morgan fingerprint density at radius 3 is 2.52 bits per heavy atom. The van der Waals surface area contributed by atoms with Gasteiger partial charge in [-0.25, -0.2) is 0 Å². The molecule has 2 aromatic rings. The molecular weight excluding hydrogens is 334 g/mol. The summed E-state index contributed by atoms with van der Waals surface area (Å²) in [7, 11) is 5.51. The first kappa shape index (κ1) is 17.2. The smallest absolute Gasteiger partial charge is 0.252 e. The van der Waals surface area contributed by atoms with Crippen LogP contribution in [0.25, 0.3) is 0 Å². The molecule has 0 bridgehead atoms. The van der Waals surface area contributed by atoms with Crippen LogP contribution in [0, 0.1) is 0 Å². The van der Waals surface area contributed by atoms with Crippen LogP contribution in [0.4, 0.5) is 11.4 Å². The van der Waals surface area contributed by atoms with Crippen LogP contribution >= 0.6 is 12.2 Å². The van der Waals surface area contributed by atoms with Crippen molar-refractivity contribution in [2.24, 2.45) is 0 Å². The number of carbonyl (C=O) groups is 1. The van der Waals surface area contributed by atoms with Gasteiger partial charge in [-0.05, 0) is 36.0 Å². The second-order valence-corrected chi connectivity index (χ2v) is 6.47. The van der Waals surface area contributed by atoms with Crippen molar-refractivity contribution in [1.29, 1.82) is 0 Å². The SMILES string of the molecule is COc1ccc(N2C(=O)CN(Cc3ccccc3)C2=S)cc1N(C)C. The van der Waals surface area contributed by atoms with E-state index in [1.54, 1.807) is 12.0 Å². The maximum atomic E-state index is 12.6. The van der Waals surface area contributed by atoms with Crippen molar-refractivity contribution >= 4 is 34.6 Å². The molecule has 130 valence electrons. The van der Waals surface area contributed by atoms with Crippen LogP contribution in [-0.4, -0.2) is 43.7 Å². The molecule has 1 fully saturated rings. The molecule has 1 saturated heterocycles. The zero-order valence-corrected chi connectivity index (χ0v) is 15.4. The van der Waals surface area contributed by atoms with Crippen molar-refractivity contribution in [3.8, 4) is 5.75 Å². The molecule has 0 radical (unpaired) electrons. The van der Waals surface area contributed by atoms with Gasteiger partial charge in [-0.2, -0.15) is 0 Å². The molecule has 1 aliphatic rings. The molecule has 25 heavy (non-hydrogen) atoms. The number of hydrogen-bond acceptors (Lipinski definition) is 4. The molecule has 0 aliphatic carbocycles. The van der Waals surface area contributed by atoms with Crippen LogP contribution < -0.4 is 14.5 Å². The Balaban J connectivity index is 1.86. The lowest BCUT2D eigenvalue weighted by Gasteiger charge is -2.23. The van der Waals surface area contributed by atoms with Crippen LogP contribution in [0.1, 0.15) is 5.56 Å². The summed E-state index contributed by atoms with van der Waals surface area (Å²) in [5.74, 6) is 0.739. The van der Waals surface area contributed by atoms with Crippen molar-refractivity contribution in [2.75, 3.05) is 37.5 Å². The Hall–Kier alpha value is -2.60. The minimum Gasteiger partial charge on any atom is -0.495 e. The lowest BCUT2D eigenvalue weighted by molar-refractivity contribution is -0.116. The first-order chi connectivity index (χ1) is 12.0. The standard InChI is InChI=1S/C19H21N3O2S/c1-20(2)16-11-15(9-10-17(16)24-3)22-18(23)13-21(19(22)25)12-14-7-5-4-6-8-14/h4-11H,12-13H2,1-3H3. The van der Waals surface area contributed by atoms with Crippen molar-refractivity contribution in [2.45, 2.75) is 6.54 Å². The van der Waals surface area contributed by atoms with Crippen LogP contribution in [0.2, 0.25) is 0 Å². The zero-order chi connectivity index (χ0) is 18.0. The Kier molecular flexibility index (Phi) is 4.90. The highest BCUT2D eigenvalue weighted by Gasteiger charge is 2.34. The lowest BCUT2D eigenvalue weighted by Crippen LogP contribution is -2.32. The molecular formula is C19H21N3O2S. The van der Waals surface area contributed by atoms with Crippen LogP contribution in [0.15, 0.2) is 48.5 Å². The van der Waals surface area contributed by atoms with Gasteiger partial charge in [-0.15, -0.1) is 0 Å². The zero-order valence-electron chi connectivity index (χ0n) is 14.6. The summed E-state index contributed by atoms with van der Waals surface area (Å²) >= 11 is 5.58. The summed E-state index contributed by atoms with van der Waals surface area (Å²) in [5, 5.41) is 0.531. The van der Waals surface area contributed by atoms with E-state index in [1.807, 2.05) is 72.4 Å². The van der Waals surface area contributed by atoms with E-state index in [2.05, 4.69) is 0 Å². The van der Waals surface area contributed by atoms with Gasteiger partial charge < -0.3 is 14.5 Å². The summed E-state index contributed by atoms with van der Waals surface area (Å²) in [5.41, 5.74) is 2.79. The van der Waals surface area contributed by atoms with E-state index in [-0.39, 0.29) is 12.5 Å². The fourth-order valence-corrected chi connectivity index (χ4v) is 3.23. The van der Waals surface area contributed by atoms with Gasteiger partial charge in [0.15, 0.2) is 5.11 Å². The van der Waals surface area contributed by atoms with Gasteiger partial charge >= 0.3 is 0 Å². The summed E-state index contributed by atoms with van der Waals surface area (Å²) in [6.07, 6.45) is 0. The van der Waals surface area contributed by atoms with Crippen LogP contribution in [0.5, 0.6) is 5.75 Å². The molecule has 1 aliphatic heterocycles. The second-order valence-electron chi connectivity index (χ2n) is 6.10. The third-order valence-corrected chi connectivity index (χ3v) is 4.60. The molecule has 3 rings (SSSR count). The highest BCUT2D eigenvalue weighted by Crippen LogP contribution is 2.33. The largest absolute Gasteiger partial charge is 0.495 e. The number of rotatable bonds is 5. The third-order valence-electron chi connectivity index (χ3n) is 4.16. The maximum absolute atomic E-state index is 12.6. The Bertz CT molecular complexity index is 793. The minimum atomic E-state index is -0.0178. The molecule has 0 N–H and O–H groups in total. The van der Waals surface area contributed by atoms with Gasteiger partial charge in [0.05, 0.1) is 18.5 Å². The molecule has 2 aromatic carbocycles. The summed E-state index contributed by atoms with van der Waals surface area (Å²) in [4.78, 5) is 18.1. The molecule has 6 heteroatoms. The van der Waals surface area contributed by atoms with E-state index >= 15 is 0 Å². The van der Waals surface area contributed by atoms with Gasteiger partial charge in [0.25, 0.3) is 5.91 Å². The minimum absolute atomic E-state index is 0.0178. The fourth-order valence-electron chi connectivity index (χ4n) is 2.90. The number of thiocarbonyl (C=S) groups is 1. The van der Waals surface area contributed by atoms with E-state index < -0.39 is 0 Å². The van der Waals surface area contributed by atoms with Gasteiger partial charge in [0.1, 0.15) is 12.3 Å². The number of anilines is 2. The summed E-state index contributed by atoms with van der Waals surface area (Å²) in [6, 6.07) is 15.7. The molecule has 5 nitrogen and oxygen atoms in total. The van der Waals surface area contributed by atoms with E-state index in [4.69, 9.17) is 17.0 Å². The first-order valence-electron chi connectivity index (χ1n) is 8.02. The summed E-state index contributed by atoms with van der Waals surface area (Å²) in [6.45, 7) is 0.912. The van der Waals surface area contributed by atoms with Crippen molar-refractivity contribution in [3.05, 3.63) is 54.1 Å². The van der Waals surface area contributed by atoms with Crippen LogP contribution in [0.3, 0.4) is 0 Å². The van der Waals surface area contributed by atoms with Crippen LogP contribution in [-0.2, 0) is 11.3 Å². The number of ether oxygens (including phenoxy) is 1. The summed E-state index contributed by atoms with van der Waals surface area (Å²) < 4.78 is 5.39. The van der Waals surface area contributed by atoms with E-state index in [0.29, 0.717) is 11.7 Å². The van der Waals surface area contributed by atoms with Gasteiger partial charge in [0.2, 0.25) is 0 Å². The van der Waals surface area contributed by atoms with E-state index in [1.165, 1.54) is 0 Å². The number of benzene rings is 2. The number of hydrogen-bond donors (Lipinski definition) is 0. The Morgan fingerprint density at radius 1 is 1.16 bits per heavy atom. The molecule has 0 aromatic heterocycles. The highest BCUT2D eigenvalue weighted by atomic mass is 32.1. The molecule has 0 spiro atoms. The average Bonchev–Trinajstić information content (AvgIpc) is 2.89. The van der Waals surface area contributed by atoms with Gasteiger partial charge in [-0.3, -0.25) is 9.69 Å². The first-order valence-corrected chi connectivity index (χ1v) is 8.43. The van der Waals surface area contributed by atoms with E-state index in [0.717, 1.165) is 22.7 Å². The quantitative estimate of drug-likeness (QED) is 0.771. The van der Waals surface area contributed by atoms with Gasteiger partial charge in [0, 0.05) is 20.6 Å². The number of amides is 1. The Morgan fingerprint density at radius 2 is 1.88 bits per heavy atom. The molecule has 0 unspecified atom stereocenters. The maximum Gasteiger partial charge on any atom is 0.252 e. The van der Waals surface area contributed by atoms with E-state index in [9.17, 15) is 4.79 Å². The Labute approximate surface area is 153 Å². The molecule has 1 amide bonds. The highest BCUT2D eigenvalue weighted by molar-refractivity contribution is 7.80. The molecule has 0 atom stereocenters.